The second-order valence-corrected chi connectivity index (χ2v) is 21.0. The number of nitrogens with one attached hydrogen (secondary N) is 12. The lowest BCUT2D eigenvalue weighted by molar-refractivity contribution is -0.141. The molecule has 1 aromatic heterocycles. The zero-order valence-corrected chi connectivity index (χ0v) is 50.2. The standard InChI is InChI=1S/C54H89N19O14/c1-26(43(77)65-31(6)48(82)71-39(19-14-22-61-54(59)60)52(86)68-28(3)44(78)64-30(5)47(81)70-37(42(58)76)17-10-12-20-55)63-46(80)29(4)69-53(87)40(24-41(74)75)73-49(83)32(7)66-45(79)27(2)67-51(85)38(18-11-13-21-56)72-50(84)35(57)23-33-25-62-36-16-9-8-15-34(33)36/h8-9,15-16,25-32,35,37-40,62H,10-14,17-24,55-57H2,1-7H3,(H2,58,76)(H,63,80)(H,64,78)(H,65,77)(H,66,79)(H,67,85)(H,68,86)(H,69,87)(H,70,81)(H,71,82)(H,72,84)(H,73,83)(H,74,75)(H4,59,60,61)/t26-,27-,28-,29-,30-,31-,32-,35-,37-,38-,39-,40-/m0/s1. The Morgan fingerprint density at radius 2 is 0.805 bits per heavy atom. The smallest absolute Gasteiger partial charge is 0.305 e. The van der Waals surface area contributed by atoms with Crippen molar-refractivity contribution >= 4 is 93.7 Å². The largest absolute Gasteiger partial charge is 0.481 e. The Bertz CT molecular complexity index is 2760. The van der Waals surface area contributed by atoms with Gasteiger partial charge < -0.3 is 103 Å². The summed E-state index contributed by atoms with van der Waals surface area (Å²) in [6.07, 6.45) is 3.44. The Morgan fingerprint density at radius 3 is 1.21 bits per heavy atom. The van der Waals surface area contributed by atoms with E-state index in [9.17, 15) is 67.4 Å². The number of benzene rings is 1. The molecule has 0 fully saturated rings. The molecule has 12 atom stereocenters. The number of fused-ring (bicyclic) bond motifs is 1. The summed E-state index contributed by atoms with van der Waals surface area (Å²) in [5, 5.41) is 37.1. The van der Waals surface area contributed by atoms with Crippen molar-refractivity contribution in [3.63, 3.8) is 0 Å². The summed E-state index contributed by atoms with van der Waals surface area (Å²) >= 11 is 0. The highest BCUT2D eigenvalue weighted by Crippen LogP contribution is 2.19. The zero-order valence-electron chi connectivity index (χ0n) is 50.2. The number of rotatable bonds is 39. The van der Waals surface area contributed by atoms with E-state index >= 15 is 0 Å². The van der Waals surface area contributed by atoms with E-state index in [1.54, 1.807) is 6.20 Å². The number of hydrogen-bond acceptors (Lipinski definition) is 17. The van der Waals surface area contributed by atoms with Crippen molar-refractivity contribution in [1.82, 2.24) is 63.5 Å². The number of aliphatic imine (C=N–C) groups is 1. The number of aliphatic carboxylic acids is 1. The number of amides is 12. The number of guanidine groups is 1. The number of aromatic nitrogens is 1. The van der Waals surface area contributed by atoms with E-state index in [1.807, 2.05) is 24.3 Å². The fourth-order valence-corrected chi connectivity index (χ4v) is 8.25. The molecule has 0 aliphatic rings. The molecule has 87 heavy (non-hydrogen) atoms. The molecule has 0 aliphatic carbocycles. The molecule has 484 valence electrons. The molecule has 0 radical (unpaired) electrons. The molecule has 2 rings (SSSR count). The average molecular weight is 1230 g/mol. The first kappa shape index (κ1) is 74.1. The molecule has 33 nitrogen and oxygen atoms in total. The number of H-pyrrole nitrogens is 1. The van der Waals surface area contributed by atoms with E-state index in [0.29, 0.717) is 38.8 Å². The first-order chi connectivity index (χ1) is 40.9. The molecule has 33 heteroatoms. The highest BCUT2D eigenvalue weighted by Gasteiger charge is 2.33. The van der Waals surface area contributed by atoms with Crippen molar-refractivity contribution in [3.8, 4) is 0 Å². The Hall–Kier alpha value is -8.98. The normalized spacial score (nSPS) is 15.1. The van der Waals surface area contributed by atoms with Crippen molar-refractivity contribution in [2.45, 2.75) is 185 Å². The van der Waals surface area contributed by atoms with Crippen LogP contribution in [-0.4, -0.2) is 185 Å². The van der Waals surface area contributed by atoms with Crippen LogP contribution in [0.15, 0.2) is 35.5 Å². The average Bonchev–Trinajstić information content (AvgIpc) is 2.36. The van der Waals surface area contributed by atoms with Crippen LogP contribution in [0.1, 0.15) is 112 Å². The zero-order chi connectivity index (χ0) is 65.7. The molecule has 0 aliphatic heterocycles. The van der Waals surface area contributed by atoms with Crippen molar-refractivity contribution in [2.75, 3.05) is 19.6 Å². The number of carbonyl (C=O) groups excluding carboxylic acids is 12. The van der Waals surface area contributed by atoms with Crippen molar-refractivity contribution < 1.29 is 67.4 Å². The van der Waals surface area contributed by atoms with Crippen molar-refractivity contribution in [2.24, 2.45) is 39.4 Å². The lowest BCUT2D eigenvalue weighted by atomic mass is 10.0. The third-order valence-corrected chi connectivity index (χ3v) is 13.5. The van der Waals surface area contributed by atoms with Gasteiger partial charge in [0.2, 0.25) is 70.9 Å². The topological polar surface area (TPSA) is 559 Å². The molecule has 0 saturated heterocycles. The minimum absolute atomic E-state index is 0.0393. The number of nitrogens with zero attached hydrogens (tertiary/aromatic N) is 1. The summed E-state index contributed by atoms with van der Waals surface area (Å²) in [6.45, 7) is 9.61. The maximum atomic E-state index is 13.5. The SMILES string of the molecule is C[C@H](NC(=O)[C@H](C)NC(=O)[C@H](CC(=O)O)NC(=O)[C@H](C)NC(=O)[C@H](C)NC(=O)[C@H](CCCCN)NC(=O)[C@@H](N)Cc1c[nH]c2ccccc12)C(=O)N[C@@H](C)C(=O)N[C@@H](CCCN=C(N)N)C(=O)N[C@@H](C)C(=O)N[C@@H](C)C(=O)N[C@@H](CCCCN)C(N)=O. The van der Waals surface area contributed by atoms with Gasteiger partial charge in [0.05, 0.1) is 12.5 Å². The van der Waals surface area contributed by atoms with Crippen LogP contribution < -0.4 is 92.9 Å². The number of primary amides is 1. The van der Waals surface area contributed by atoms with Crippen LogP contribution in [0.2, 0.25) is 0 Å². The first-order valence-electron chi connectivity index (χ1n) is 28.5. The summed E-state index contributed by atoms with van der Waals surface area (Å²) < 4.78 is 0. The Balaban J connectivity index is 2.01. The molecule has 2 aromatic rings. The fraction of sp³-hybridized carbons (Fsp3) is 0.593. The molecule has 0 spiro atoms. The van der Waals surface area contributed by atoms with Crippen LogP contribution in [0.25, 0.3) is 10.9 Å². The van der Waals surface area contributed by atoms with Crippen LogP contribution in [0.3, 0.4) is 0 Å². The first-order valence-corrected chi connectivity index (χ1v) is 28.5. The molecule has 12 amide bonds. The second kappa shape index (κ2) is 37.4. The lowest BCUT2D eigenvalue weighted by Crippen LogP contribution is -2.59. The van der Waals surface area contributed by atoms with E-state index in [4.69, 9.17) is 34.4 Å². The predicted molar refractivity (Wildman–Crippen MR) is 318 cm³/mol. The second-order valence-electron chi connectivity index (χ2n) is 21.0. The number of carboxylic acids is 1. The maximum absolute atomic E-state index is 13.5. The van der Waals surface area contributed by atoms with Gasteiger partial charge in [-0.1, -0.05) is 18.2 Å². The quantitative estimate of drug-likeness (QED) is 0.0168. The predicted octanol–water partition coefficient (Wildman–Crippen LogP) is -6.22. The van der Waals surface area contributed by atoms with Gasteiger partial charge in [0.25, 0.3) is 0 Å². The van der Waals surface area contributed by atoms with Gasteiger partial charge in [-0.15, -0.1) is 0 Å². The van der Waals surface area contributed by atoms with Gasteiger partial charge in [-0.2, -0.15) is 0 Å². The van der Waals surface area contributed by atoms with E-state index in [-0.39, 0.29) is 44.6 Å². The van der Waals surface area contributed by atoms with Crippen LogP contribution in [-0.2, 0) is 68.7 Å². The van der Waals surface area contributed by atoms with Gasteiger partial charge in [0.1, 0.15) is 66.5 Å². The van der Waals surface area contributed by atoms with Gasteiger partial charge in [0, 0.05) is 23.6 Å². The van der Waals surface area contributed by atoms with E-state index < -0.39 is 156 Å². The van der Waals surface area contributed by atoms with E-state index in [1.165, 1.54) is 48.5 Å². The minimum atomic E-state index is -1.80. The van der Waals surface area contributed by atoms with Gasteiger partial charge >= 0.3 is 5.97 Å². The molecule has 25 N–H and O–H groups in total. The number of carboxylic acid groups (broad SMARTS) is 1. The summed E-state index contributed by atoms with van der Waals surface area (Å²) in [4.78, 5) is 177. The molecular formula is C54H89N19O14. The molecule has 1 aromatic carbocycles. The number of nitrogens with two attached hydrogens (primary N) is 6. The number of aromatic amines is 1. The molecule has 1 heterocycles. The van der Waals surface area contributed by atoms with Crippen LogP contribution >= 0.6 is 0 Å². The monoisotopic (exact) mass is 1230 g/mol. The number of unbranched alkanes of at least 4 members (excludes halogenated alkanes) is 2. The third-order valence-electron chi connectivity index (χ3n) is 13.5. The van der Waals surface area contributed by atoms with Gasteiger partial charge in [-0.05, 0) is 131 Å². The number of carbonyl (C=O) groups is 13. The van der Waals surface area contributed by atoms with Crippen molar-refractivity contribution in [3.05, 3.63) is 36.0 Å². The molecule has 0 bridgehead atoms. The minimum Gasteiger partial charge on any atom is -0.481 e. The number of para-hydroxylation sites is 1. The molecular weight excluding hydrogens is 1140 g/mol. The highest BCUT2D eigenvalue weighted by molar-refractivity contribution is 5.99. The summed E-state index contributed by atoms with van der Waals surface area (Å²) in [5.41, 5.74) is 35.3. The summed E-state index contributed by atoms with van der Waals surface area (Å²) in [5.74, 6) is -12.1. The third kappa shape index (κ3) is 26.4. The lowest BCUT2D eigenvalue weighted by Gasteiger charge is -2.25. The molecule has 0 unspecified atom stereocenters. The van der Waals surface area contributed by atoms with Crippen LogP contribution in [0.4, 0.5) is 0 Å². The van der Waals surface area contributed by atoms with Crippen LogP contribution in [0, 0.1) is 0 Å². The summed E-state index contributed by atoms with van der Waals surface area (Å²) in [6, 6.07) is -8.19. The van der Waals surface area contributed by atoms with Crippen LogP contribution in [0.5, 0.6) is 0 Å². The van der Waals surface area contributed by atoms with Gasteiger partial charge in [0.15, 0.2) is 5.96 Å². The van der Waals surface area contributed by atoms with Gasteiger partial charge in [-0.25, -0.2) is 0 Å². The Morgan fingerprint density at radius 1 is 0.460 bits per heavy atom. The van der Waals surface area contributed by atoms with E-state index in [2.05, 4.69) is 68.5 Å². The van der Waals surface area contributed by atoms with Gasteiger partial charge in [-0.3, -0.25) is 67.3 Å². The molecule has 0 saturated carbocycles. The highest BCUT2D eigenvalue weighted by atomic mass is 16.4. The van der Waals surface area contributed by atoms with E-state index in [0.717, 1.165) is 16.5 Å². The Labute approximate surface area is 503 Å². The van der Waals surface area contributed by atoms with Crippen molar-refractivity contribution in [1.29, 1.82) is 0 Å². The number of hydrogen-bond donors (Lipinski definition) is 19. The fourth-order valence-electron chi connectivity index (χ4n) is 8.25. The summed E-state index contributed by atoms with van der Waals surface area (Å²) in [7, 11) is 0. The maximum Gasteiger partial charge on any atom is 0.305 e. The Kier molecular flexibility index (Phi) is 31.9.